The maximum atomic E-state index is 12.8. The molecule has 1 fully saturated rings. The first kappa shape index (κ1) is 22.3. The van der Waals surface area contributed by atoms with Gasteiger partial charge in [-0.2, -0.15) is 13.2 Å². The molecule has 0 radical (unpaired) electrons. The molecule has 9 heteroatoms. The number of nitrogens with one attached hydrogen (secondary N) is 1. The molecule has 32 heavy (non-hydrogen) atoms. The molecule has 5 nitrogen and oxygen atoms in total. The van der Waals surface area contributed by atoms with Crippen LogP contribution >= 0.6 is 11.3 Å². The van der Waals surface area contributed by atoms with Crippen molar-refractivity contribution in [2.24, 2.45) is 0 Å². The van der Waals surface area contributed by atoms with Gasteiger partial charge in [0.05, 0.1) is 11.3 Å². The molecule has 1 aliphatic heterocycles. The van der Waals surface area contributed by atoms with Crippen LogP contribution in [0.1, 0.15) is 20.9 Å². The number of hydrogen-bond donors (Lipinski definition) is 1. The molecule has 1 N–H and O–H groups in total. The second-order valence-corrected chi connectivity index (χ2v) is 8.80. The van der Waals surface area contributed by atoms with E-state index in [1.807, 2.05) is 24.3 Å². The van der Waals surface area contributed by atoms with Gasteiger partial charge in [0, 0.05) is 43.1 Å². The number of halogens is 3. The van der Waals surface area contributed by atoms with Gasteiger partial charge < -0.3 is 15.1 Å². The van der Waals surface area contributed by atoms with E-state index in [4.69, 9.17) is 0 Å². The van der Waals surface area contributed by atoms with Crippen molar-refractivity contribution in [1.82, 2.24) is 9.88 Å². The molecule has 1 aromatic heterocycles. The first-order valence-electron chi connectivity index (χ1n) is 10.2. The number of carbonyl (C=O) groups excluding carboxylic acids is 1. The highest BCUT2D eigenvalue weighted by molar-refractivity contribution is 7.17. The molecule has 3 aromatic rings. The number of thiazole rings is 1. The summed E-state index contributed by atoms with van der Waals surface area (Å²) in [4.78, 5) is 22.2. The molecule has 0 saturated carbocycles. The second-order valence-electron chi connectivity index (χ2n) is 7.80. The summed E-state index contributed by atoms with van der Waals surface area (Å²) in [7, 11) is 2.11. The number of likely N-dealkylation sites (N-methyl/N-ethyl adjacent to an activating group) is 1. The minimum atomic E-state index is -4.39. The highest BCUT2D eigenvalue weighted by Gasteiger charge is 2.30. The number of anilines is 2. The van der Waals surface area contributed by atoms with Crippen LogP contribution in [0.2, 0.25) is 0 Å². The topological polar surface area (TPSA) is 48.5 Å². The van der Waals surface area contributed by atoms with E-state index in [1.165, 1.54) is 12.1 Å². The van der Waals surface area contributed by atoms with Crippen molar-refractivity contribution in [3.63, 3.8) is 0 Å². The van der Waals surface area contributed by atoms with Crippen molar-refractivity contribution in [2.75, 3.05) is 43.4 Å². The SMILES string of the molecule is Cc1nc(-c2ccc(C(F)(F)F)cc2)sc1C(=O)Nc1ccc(N2CCN(C)CC2)cc1. The normalized spacial score (nSPS) is 15.1. The van der Waals surface area contributed by atoms with Gasteiger partial charge in [-0.1, -0.05) is 12.1 Å². The Morgan fingerprint density at radius 1 is 1.00 bits per heavy atom. The molecule has 4 rings (SSSR count). The molecule has 168 valence electrons. The lowest BCUT2D eigenvalue weighted by Crippen LogP contribution is -2.44. The predicted molar refractivity (Wildman–Crippen MR) is 121 cm³/mol. The fourth-order valence-electron chi connectivity index (χ4n) is 3.54. The lowest BCUT2D eigenvalue weighted by Gasteiger charge is -2.34. The number of alkyl halides is 3. The molecule has 1 amide bonds. The largest absolute Gasteiger partial charge is 0.416 e. The Morgan fingerprint density at radius 2 is 1.62 bits per heavy atom. The van der Waals surface area contributed by atoms with Crippen molar-refractivity contribution >= 4 is 28.6 Å². The molecule has 1 aliphatic rings. The van der Waals surface area contributed by atoms with Crippen molar-refractivity contribution in [2.45, 2.75) is 13.1 Å². The van der Waals surface area contributed by atoms with Crippen LogP contribution in [-0.2, 0) is 6.18 Å². The zero-order valence-electron chi connectivity index (χ0n) is 17.7. The van der Waals surface area contributed by atoms with Crippen molar-refractivity contribution < 1.29 is 18.0 Å². The summed E-state index contributed by atoms with van der Waals surface area (Å²) in [6, 6.07) is 12.5. The van der Waals surface area contributed by atoms with E-state index in [2.05, 4.69) is 27.1 Å². The summed E-state index contributed by atoms with van der Waals surface area (Å²) in [6.07, 6.45) is -4.39. The Hall–Kier alpha value is -2.91. The van der Waals surface area contributed by atoms with Gasteiger partial charge in [-0.05, 0) is 50.4 Å². The van der Waals surface area contributed by atoms with Gasteiger partial charge in [0.25, 0.3) is 5.91 Å². The molecule has 0 bridgehead atoms. The van der Waals surface area contributed by atoms with Gasteiger partial charge >= 0.3 is 6.18 Å². The van der Waals surface area contributed by atoms with Crippen LogP contribution in [0.4, 0.5) is 24.5 Å². The van der Waals surface area contributed by atoms with Gasteiger partial charge in [-0.25, -0.2) is 4.98 Å². The average molecular weight is 461 g/mol. The number of benzene rings is 2. The quantitative estimate of drug-likeness (QED) is 0.586. The fraction of sp³-hybridized carbons (Fsp3) is 0.304. The van der Waals surface area contributed by atoms with Crippen LogP contribution < -0.4 is 10.2 Å². The number of piperazine rings is 1. The number of amides is 1. The number of carbonyl (C=O) groups is 1. The molecule has 1 saturated heterocycles. The molecule has 0 spiro atoms. The Labute approximate surface area is 188 Å². The molecule has 0 unspecified atom stereocenters. The van der Waals surface area contributed by atoms with E-state index in [1.54, 1.807) is 6.92 Å². The third-order valence-electron chi connectivity index (χ3n) is 5.46. The van der Waals surface area contributed by atoms with Crippen LogP contribution in [-0.4, -0.2) is 49.0 Å². The summed E-state index contributed by atoms with van der Waals surface area (Å²) in [6.45, 7) is 5.69. The molecular formula is C23H23F3N4OS. The Balaban J connectivity index is 1.44. The van der Waals surface area contributed by atoms with E-state index in [9.17, 15) is 18.0 Å². The number of aryl methyl sites for hydroxylation is 1. The second kappa shape index (κ2) is 8.91. The van der Waals surface area contributed by atoms with Gasteiger partial charge in [0.1, 0.15) is 9.88 Å². The Bertz CT molecular complexity index is 1090. The van der Waals surface area contributed by atoms with Gasteiger partial charge in [0.15, 0.2) is 0 Å². The number of nitrogens with zero attached hydrogens (tertiary/aromatic N) is 3. The predicted octanol–water partition coefficient (Wildman–Crippen LogP) is 5.14. The van der Waals surface area contributed by atoms with Gasteiger partial charge in [-0.3, -0.25) is 4.79 Å². The first-order chi connectivity index (χ1) is 15.2. The van der Waals surface area contributed by atoms with Crippen molar-refractivity contribution in [3.8, 4) is 10.6 Å². The van der Waals surface area contributed by atoms with Crippen molar-refractivity contribution in [3.05, 3.63) is 64.7 Å². The smallest absolute Gasteiger partial charge is 0.369 e. The summed E-state index contributed by atoms with van der Waals surface area (Å²) >= 11 is 1.16. The van der Waals surface area contributed by atoms with E-state index < -0.39 is 11.7 Å². The lowest BCUT2D eigenvalue weighted by molar-refractivity contribution is -0.137. The highest BCUT2D eigenvalue weighted by Crippen LogP contribution is 2.33. The number of hydrogen-bond acceptors (Lipinski definition) is 5. The third kappa shape index (κ3) is 4.94. The molecule has 2 aromatic carbocycles. The van der Waals surface area contributed by atoms with Crippen LogP contribution in [0.15, 0.2) is 48.5 Å². The Kier molecular flexibility index (Phi) is 6.21. The van der Waals surface area contributed by atoms with E-state index in [0.717, 1.165) is 55.3 Å². The van der Waals surface area contributed by atoms with Gasteiger partial charge in [-0.15, -0.1) is 11.3 Å². The zero-order valence-corrected chi connectivity index (χ0v) is 18.6. The molecular weight excluding hydrogens is 437 g/mol. The standard InChI is InChI=1S/C23H23F3N4OS/c1-15-20(32-22(27-15)16-3-5-17(6-4-16)23(24,25)26)21(31)28-18-7-9-19(10-8-18)30-13-11-29(2)12-14-30/h3-10H,11-14H2,1-2H3,(H,28,31). The van der Waals surface area contributed by atoms with E-state index >= 15 is 0 Å². The highest BCUT2D eigenvalue weighted by atomic mass is 32.1. The lowest BCUT2D eigenvalue weighted by atomic mass is 10.1. The van der Waals surface area contributed by atoms with Crippen LogP contribution in [0.3, 0.4) is 0 Å². The van der Waals surface area contributed by atoms with Crippen LogP contribution in [0, 0.1) is 6.92 Å². The minimum absolute atomic E-state index is 0.287. The Morgan fingerprint density at radius 3 is 2.22 bits per heavy atom. The van der Waals surface area contributed by atoms with Crippen LogP contribution in [0.5, 0.6) is 0 Å². The first-order valence-corrected chi connectivity index (χ1v) is 11.0. The monoisotopic (exact) mass is 460 g/mol. The summed E-state index contributed by atoms with van der Waals surface area (Å²) in [5.74, 6) is -0.287. The molecule has 0 aliphatic carbocycles. The summed E-state index contributed by atoms with van der Waals surface area (Å²) in [5, 5.41) is 3.39. The minimum Gasteiger partial charge on any atom is -0.369 e. The van der Waals surface area contributed by atoms with Crippen LogP contribution in [0.25, 0.3) is 10.6 Å². The number of rotatable bonds is 4. The number of aromatic nitrogens is 1. The van der Waals surface area contributed by atoms with Gasteiger partial charge in [0.2, 0.25) is 0 Å². The van der Waals surface area contributed by atoms with E-state index in [0.29, 0.717) is 26.8 Å². The zero-order chi connectivity index (χ0) is 22.9. The van der Waals surface area contributed by atoms with E-state index in [-0.39, 0.29) is 5.91 Å². The third-order valence-corrected chi connectivity index (χ3v) is 6.66. The molecule has 0 atom stereocenters. The summed E-state index contributed by atoms with van der Waals surface area (Å²) < 4.78 is 38.3. The maximum Gasteiger partial charge on any atom is 0.416 e. The maximum absolute atomic E-state index is 12.8. The van der Waals surface area contributed by atoms with Crippen molar-refractivity contribution in [1.29, 1.82) is 0 Å². The average Bonchev–Trinajstić information content (AvgIpc) is 3.16. The fourth-order valence-corrected chi connectivity index (χ4v) is 4.51. The molecule has 2 heterocycles. The summed E-state index contributed by atoms with van der Waals surface area (Å²) in [5.41, 5.74) is 2.16.